The Balaban J connectivity index is 2.12. The van der Waals surface area contributed by atoms with E-state index < -0.39 is 28.5 Å². The Morgan fingerprint density at radius 1 is 0.947 bits per heavy atom. The number of halogens is 2. The standard InChI is InChI=1S/C28H31Cl2N3O4S/c1-5-24(28(35)31-4)32(17-21-10-7-6-9-20(21)3)26(34)18-33(25-12-8-11-23(29)27(25)30)38(36,37)22-15-13-19(2)14-16-22/h6-16,24H,5,17-18H2,1-4H3,(H,31,35)/t24-/m0/s1. The Morgan fingerprint density at radius 3 is 2.21 bits per heavy atom. The van der Waals surface area contributed by atoms with E-state index in [9.17, 15) is 18.0 Å². The number of anilines is 1. The van der Waals surface area contributed by atoms with E-state index >= 15 is 0 Å². The van der Waals surface area contributed by atoms with Crippen LogP contribution in [0, 0.1) is 13.8 Å². The molecule has 0 unspecified atom stereocenters. The van der Waals surface area contributed by atoms with E-state index in [0.29, 0.717) is 6.42 Å². The molecule has 1 N–H and O–H groups in total. The lowest BCUT2D eigenvalue weighted by Gasteiger charge is -2.33. The Bertz CT molecular complexity index is 1410. The molecule has 2 amide bonds. The fourth-order valence-corrected chi connectivity index (χ4v) is 5.97. The van der Waals surface area contributed by atoms with Gasteiger partial charge in [-0.3, -0.25) is 13.9 Å². The lowest BCUT2D eigenvalue weighted by Crippen LogP contribution is -2.51. The van der Waals surface area contributed by atoms with Crippen LogP contribution >= 0.6 is 23.2 Å². The molecule has 0 heterocycles. The minimum atomic E-state index is -4.24. The number of likely N-dealkylation sites (N-methyl/N-ethyl adjacent to an activating group) is 1. The van der Waals surface area contributed by atoms with Crippen molar-refractivity contribution in [2.24, 2.45) is 0 Å². The summed E-state index contributed by atoms with van der Waals surface area (Å²) in [5.41, 5.74) is 2.74. The smallest absolute Gasteiger partial charge is 0.264 e. The second-order valence-corrected chi connectivity index (χ2v) is 11.5. The van der Waals surface area contributed by atoms with Crippen molar-refractivity contribution in [2.75, 3.05) is 17.9 Å². The predicted octanol–water partition coefficient (Wildman–Crippen LogP) is 5.36. The summed E-state index contributed by atoms with van der Waals surface area (Å²) >= 11 is 12.7. The molecule has 202 valence electrons. The normalized spacial score (nSPS) is 12.1. The highest BCUT2D eigenvalue weighted by Gasteiger charge is 2.34. The number of rotatable bonds is 10. The summed E-state index contributed by atoms with van der Waals surface area (Å²) in [6, 6.07) is 17.6. The molecule has 0 saturated carbocycles. The van der Waals surface area contributed by atoms with Gasteiger partial charge in [0.25, 0.3) is 10.0 Å². The lowest BCUT2D eigenvalue weighted by atomic mass is 10.1. The van der Waals surface area contributed by atoms with E-state index in [0.717, 1.165) is 21.0 Å². The van der Waals surface area contributed by atoms with Crippen LogP contribution in [0.2, 0.25) is 10.0 Å². The minimum Gasteiger partial charge on any atom is -0.357 e. The monoisotopic (exact) mass is 575 g/mol. The molecule has 1 atom stereocenters. The third-order valence-corrected chi connectivity index (χ3v) is 8.90. The fraction of sp³-hybridized carbons (Fsp3) is 0.286. The number of nitrogens with one attached hydrogen (secondary N) is 1. The van der Waals surface area contributed by atoms with E-state index in [-0.39, 0.29) is 33.1 Å². The summed E-state index contributed by atoms with van der Waals surface area (Å²) in [4.78, 5) is 28.2. The first-order chi connectivity index (χ1) is 18.0. The second-order valence-electron chi connectivity index (χ2n) is 8.88. The summed E-state index contributed by atoms with van der Waals surface area (Å²) in [5, 5.41) is 2.76. The van der Waals surface area contributed by atoms with Crippen LogP contribution in [0.15, 0.2) is 71.6 Å². The highest BCUT2D eigenvalue weighted by atomic mass is 35.5. The van der Waals surface area contributed by atoms with Crippen molar-refractivity contribution in [1.29, 1.82) is 0 Å². The molecule has 0 aliphatic carbocycles. The number of benzene rings is 3. The number of hydrogen-bond donors (Lipinski definition) is 1. The largest absolute Gasteiger partial charge is 0.357 e. The number of amides is 2. The van der Waals surface area contributed by atoms with Crippen LogP contribution < -0.4 is 9.62 Å². The molecular formula is C28H31Cl2N3O4S. The Labute approximate surface area is 234 Å². The zero-order chi connectivity index (χ0) is 28.0. The number of carbonyl (C=O) groups is 2. The van der Waals surface area contributed by atoms with Crippen molar-refractivity contribution in [3.8, 4) is 0 Å². The number of aryl methyl sites for hydroxylation is 2. The fourth-order valence-electron chi connectivity index (χ4n) is 4.09. The maximum absolute atomic E-state index is 14.0. The number of nitrogens with zero attached hydrogens (tertiary/aromatic N) is 2. The van der Waals surface area contributed by atoms with Crippen LogP contribution in [0.25, 0.3) is 0 Å². The molecule has 0 bridgehead atoms. The van der Waals surface area contributed by atoms with Gasteiger partial charge in [0.15, 0.2) is 0 Å². The van der Waals surface area contributed by atoms with Gasteiger partial charge < -0.3 is 10.2 Å². The quantitative estimate of drug-likeness (QED) is 0.352. The first-order valence-corrected chi connectivity index (χ1v) is 14.3. The van der Waals surface area contributed by atoms with E-state index in [1.807, 2.05) is 38.1 Å². The Kier molecular flexibility index (Phi) is 9.82. The van der Waals surface area contributed by atoms with Crippen LogP contribution in [0.3, 0.4) is 0 Å². The molecule has 0 aliphatic rings. The third kappa shape index (κ3) is 6.49. The maximum Gasteiger partial charge on any atom is 0.264 e. The molecule has 3 aromatic carbocycles. The van der Waals surface area contributed by atoms with Gasteiger partial charge in [0.2, 0.25) is 11.8 Å². The molecule has 38 heavy (non-hydrogen) atoms. The van der Waals surface area contributed by atoms with Crippen LogP contribution in [0.5, 0.6) is 0 Å². The average molecular weight is 577 g/mol. The van der Waals surface area contributed by atoms with Crippen LogP contribution in [-0.4, -0.2) is 44.8 Å². The van der Waals surface area contributed by atoms with E-state index in [4.69, 9.17) is 23.2 Å². The van der Waals surface area contributed by atoms with Gasteiger partial charge in [0, 0.05) is 13.6 Å². The van der Waals surface area contributed by atoms with Gasteiger partial charge in [0.1, 0.15) is 12.6 Å². The molecule has 3 rings (SSSR count). The van der Waals surface area contributed by atoms with Gasteiger partial charge in [-0.15, -0.1) is 0 Å². The van der Waals surface area contributed by atoms with Gasteiger partial charge in [-0.1, -0.05) is 78.2 Å². The molecule has 0 aromatic heterocycles. The molecule has 10 heteroatoms. The maximum atomic E-state index is 14.0. The zero-order valence-electron chi connectivity index (χ0n) is 21.7. The molecular weight excluding hydrogens is 545 g/mol. The first kappa shape index (κ1) is 29.5. The molecule has 0 aliphatic heterocycles. The van der Waals surface area contributed by atoms with E-state index in [1.54, 1.807) is 25.1 Å². The summed E-state index contributed by atoms with van der Waals surface area (Å²) in [7, 11) is -2.73. The SMILES string of the molecule is CC[C@@H](C(=O)NC)N(Cc1ccccc1C)C(=O)CN(c1cccc(Cl)c1Cl)S(=O)(=O)c1ccc(C)cc1. The first-order valence-electron chi connectivity index (χ1n) is 12.1. The topological polar surface area (TPSA) is 86.8 Å². The van der Waals surface area contributed by atoms with Crippen molar-refractivity contribution >= 4 is 50.7 Å². The van der Waals surface area contributed by atoms with Crippen molar-refractivity contribution in [3.05, 3.63) is 93.5 Å². The third-order valence-electron chi connectivity index (χ3n) is 6.32. The van der Waals surface area contributed by atoms with Crippen LogP contribution in [-0.2, 0) is 26.2 Å². The summed E-state index contributed by atoms with van der Waals surface area (Å²) in [6.07, 6.45) is 0.333. The highest BCUT2D eigenvalue weighted by Crippen LogP contribution is 2.35. The summed E-state index contributed by atoms with van der Waals surface area (Å²) in [5.74, 6) is -0.904. The average Bonchev–Trinajstić information content (AvgIpc) is 2.89. The van der Waals surface area contributed by atoms with Crippen molar-refractivity contribution in [3.63, 3.8) is 0 Å². The Morgan fingerprint density at radius 2 is 1.61 bits per heavy atom. The molecule has 7 nitrogen and oxygen atoms in total. The van der Waals surface area contributed by atoms with Crippen molar-refractivity contribution in [2.45, 2.75) is 44.7 Å². The second kappa shape index (κ2) is 12.7. The van der Waals surface area contributed by atoms with Gasteiger partial charge in [-0.25, -0.2) is 8.42 Å². The number of hydrogen-bond acceptors (Lipinski definition) is 4. The molecule has 0 radical (unpaired) electrons. The van der Waals surface area contributed by atoms with E-state index in [1.165, 1.54) is 36.2 Å². The molecule has 0 fully saturated rings. The molecule has 3 aromatic rings. The van der Waals surface area contributed by atoms with Gasteiger partial charge in [0.05, 0.1) is 20.6 Å². The van der Waals surface area contributed by atoms with Crippen LogP contribution in [0.4, 0.5) is 5.69 Å². The zero-order valence-corrected chi connectivity index (χ0v) is 24.1. The number of sulfonamides is 1. The van der Waals surface area contributed by atoms with Crippen LogP contribution in [0.1, 0.15) is 30.0 Å². The van der Waals surface area contributed by atoms with Gasteiger partial charge in [-0.05, 0) is 55.7 Å². The van der Waals surface area contributed by atoms with Crippen molar-refractivity contribution < 1.29 is 18.0 Å². The molecule has 0 saturated heterocycles. The predicted molar refractivity (Wildman–Crippen MR) is 152 cm³/mol. The lowest BCUT2D eigenvalue weighted by molar-refractivity contribution is -0.140. The Hall–Kier alpha value is -3.07. The summed E-state index contributed by atoms with van der Waals surface area (Å²) in [6.45, 7) is 5.10. The summed E-state index contributed by atoms with van der Waals surface area (Å²) < 4.78 is 28.7. The van der Waals surface area contributed by atoms with E-state index in [2.05, 4.69) is 5.32 Å². The van der Waals surface area contributed by atoms with Crippen molar-refractivity contribution in [1.82, 2.24) is 10.2 Å². The minimum absolute atomic E-state index is 0.00134. The van der Waals surface area contributed by atoms with Gasteiger partial charge in [-0.2, -0.15) is 0 Å². The highest BCUT2D eigenvalue weighted by molar-refractivity contribution is 7.92. The number of carbonyl (C=O) groups excluding carboxylic acids is 2. The van der Waals surface area contributed by atoms with Gasteiger partial charge >= 0.3 is 0 Å². The molecule has 0 spiro atoms.